The third-order valence-corrected chi connectivity index (χ3v) is 6.27. The van der Waals surface area contributed by atoms with Gasteiger partial charge in [0.2, 0.25) is 0 Å². The Hall–Kier alpha value is -2.42. The molecule has 0 spiro atoms. The van der Waals surface area contributed by atoms with E-state index >= 15 is 0 Å². The summed E-state index contributed by atoms with van der Waals surface area (Å²) in [5.74, 6) is 0.107. The highest BCUT2D eigenvalue weighted by Crippen LogP contribution is 2.40. The number of carbonyl (C=O) groups is 1. The lowest BCUT2D eigenvalue weighted by atomic mass is 10.1. The summed E-state index contributed by atoms with van der Waals surface area (Å²) in [6.07, 6.45) is 1.82. The summed E-state index contributed by atoms with van der Waals surface area (Å²) in [5, 5.41) is 21.7. The fourth-order valence-electron chi connectivity index (χ4n) is 3.66. The predicted octanol–water partition coefficient (Wildman–Crippen LogP) is -0.745. The molecule has 3 aliphatic rings. The number of ether oxygens (including phenoxy) is 2. The Morgan fingerprint density at radius 3 is 2.88 bits per heavy atom. The number of nitrogens with two attached hydrogens (primary N) is 1. The van der Waals surface area contributed by atoms with Crippen LogP contribution < -0.4 is 16.7 Å². The van der Waals surface area contributed by atoms with Crippen LogP contribution >= 0.6 is 8.60 Å². The van der Waals surface area contributed by atoms with Crippen molar-refractivity contribution in [1.29, 1.82) is 0 Å². The van der Waals surface area contributed by atoms with Gasteiger partial charge in [-0.2, -0.15) is 4.98 Å². The summed E-state index contributed by atoms with van der Waals surface area (Å²) in [6.45, 7) is 1.20. The lowest BCUT2D eigenvalue weighted by Crippen LogP contribution is -2.51. The molecule has 1 saturated heterocycles. The van der Waals surface area contributed by atoms with Crippen molar-refractivity contribution in [2.45, 2.75) is 50.3 Å². The van der Waals surface area contributed by atoms with Crippen molar-refractivity contribution in [2.24, 2.45) is 0 Å². The van der Waals surface area contributed by atoms with Gasteiger partial charge in [0.05, 0.1) is 19.3 Å². The van der Waals surface area contributed by atoms with Gasteiger partial charge in [-0.15, -0.1) is 0 Å². The van der Waals surface area contributed by atoms with Crippen LogP contribution in [0.15, 0.2) is 41.0 Å². The van der Waals surface area contributed by atoms with Crippen LogP contribution in [0.2, 0.25) is 0 Å². The largest absolute Gasteiger partial charge is 0.394 e. The Balaban J connectivity index is 1.27. The van der Waals surface area contributed by atoms with Crippen molar-refractivity contribution < 1.29 is 38.4 Å². The van der Waals surface area contributed by atoms with Crippen molar-refractivity contribution in [2.75, 3.05) is 18.9 Å². The second kappa shape index (κ2) is 10.5. The molecule has 0 aliphatic carbocycles. The molecular weight excluding hydrogens is 473 g/mol. The average Bonchev–Trinajstić information content (AvgIpc) is 3.42. The van der Waals surface area contributed by atoms with Crippen molar-refractivity contribution in [3.8, 4) is 0 Å². The highest BCUT2D eigenvalue weighted by atomic mass is 31.2. The van der Waals surface area contributed by atoms with Crippen LogP contribution in [0.3, 0.4) is 0 Å². The van der Waals surface area contributed by atoms with Gasteiger partial charge in [-0.1, -0.05) is 6.08 Å². The average molecular weight is 499 g/mol. The van der Waals surface area contributed by atoms with Gasteiger partial charge in [-0.05, 0) is 24.6 Å². The van der Waals surface area contributed by atoms with E-state index in [1.165, 1.54) is 27.9 Å². The maximum absolute atomic E-state index is 12.2. The number of hydrogen-bond acceptors (Lipinski definition) is 11. The summed E-state index contributed by atoms with van der Waals surface area (Å²) in [6, 6.07) is 0.919. The predicted molar refractivity (Wildman–Crippen MR) is 116 cm³/mol. The molecule has 14 nitrogen and oxygen atoms in total. The normalized spacial score (nSPS) is 32.1. The number of amides is 2. The number of nitrogens with zero attached hydrogens (tertiary/aromatic N) is 3. The van der Waals surface area contributed by atoms with Gasteiger partial charge >= 0.3 is 20.3 Å². The summed E-state index contributed by atoms with van der Waals surface area (Å²) in [4.78, 5) is 39.3. The fourth-order valence-corrected chi connectivity index (χ4v) is 4.45. The number of hydrogen-bond donors (Lipinski definition) is 5. The molecule has 2 amide bonds. The molecule has 7 atom stereocenters. The molecule has 1 aromatic rings. The number of carbonyl (C=O) groups excluding carboxylic acids is 1. The maximum atomic E-state index is 12.2. The van der Waals surface area contributed by atoms with Gasteiger partial charge < -0.3 is 44.7 Å². The molecule has 4 rings (SSSR count). The lowest BCUT2D eigenvalue weighted by molar-refractivity contribution is -0.0554. The zero-order valence-corrected chi connectivity index (χ0v) is 19.0. The topological polar surface area (TPSA) is 191 Å². The van der Waals surface area contributed by atoms with Gasteiger partial charge in [-0.25, -0.2) is 9.59 Å². The van der Waals surface area contributed by atoms with Crippen LogP contribution in [-0.4, -0.2) is 79.6 Å². The quantitative estimate of drug-likeness (QED) is 0.223. The van der Waals surface area contributed by atoms with Gasteiger partial charge in [0, 0.05) is 18.8 Å². The standard InChI is InChI=1S/C19H26N5O9P/c1-10-7-24(19(28)22-17(10)26)16-6-12(13(8-25)32-16)33-34(29)30-9-11-2-3-15(31-11)23-5-4-14(20)21-18(23)27/h2-5,7,11-13,15-17,25-26,29H,6,8-9H2,1H3,(H,22,28)(H2,20,21,27). The third-order valence-electron chi connectivity index (χ3n) is 5.44. The highest BCUT2D eigenvalue weighted by Gasteiger charge is 2.42. The molecule has 1 aromatic heterocycles. The molecular formula is C19H26N5O9P. The van der Waals surface area contributed by atoms with Gasteiger partial charge in [0.25, 0.3) is 0 Å². The summed E-state index contributed by atoms with van der Waals surface area (Å²) >= 11 is 0. The Morgan fingerprint density at radius 2 is 2.15 bits per heavy atom. The van der Waals surface area contributed by atoms with Gasteiger partial charge in [-0.3, -0.25) is 9.47 Å². The highest BCUT2D eigenvalue weighted by molar-refractivity contribution is 7.40. The van der Waals surface area contributed by atoms with Crippen molar-refractivity contribution >= 4 is 20.5 Å². The zero-order valence-electron chi connectivity index (χ0n) is 18.1. The van der Waals surface area contributed by atoms with Crippen LogP contribution in [0.1, 0.15) is 19.6 Å². The van der Waals surface area contributed by atoms with Crippen LogP contribution in [0.5, 0.6) is 0 Å². The molecule has 0 bridgehead atoms. The molecule has 34 heavy (non-hydrogen) atoms. The van der Waals surface area contributed by atoms with E-state index in [0.717, 1.165) is 0 Å². The summed E-state index contributed by atoms with van der Waals surface area (Å²) < 4.78 is 23.6. The minimum atomic E-state index is -2.36. The SMILES string of the molecule is CC1=CN(C2CC(OP(O)OCC3C=CC(n4ccc(N)nc4=O)O3)C(CO)O2)C(=O)NC1O. The van der Waals surface area contributed by atoms with E-state index in [1.54, 1.807) is 19.1 Å². The fraction of sp³-hybridized carbons (Fsp3) is 0.526. The van der Waals surface area contributed by atoms with Crippen LogP contribution in [0, 0.1) is 0 Å². The van der Waals surface area contributed by atoms with E-state index in [2.05, 4.69) is 10.3 Å². The maximum Gasteiger partial charge on any atom is 0.351 e. The third kappa shape index (κ3) is 5.45. The summed E-state index contributed by atoms with van der Waals surface area (Å²) in [7, 11) is -2.36. The molecule has 0 radical (unpaired) electrons. The molecule has 186 valence electrons. The molecule has 4 heterocycles. The van der Waals surface area contributed by atoms with Crippen LogP contribution in [-0.2, 0) is 18.5 Å². The van der Waals surface area contributed by atoms with E-state index in [0.29, 0.717) is 5.57 Å². The first-order chi connectivity index (χ1) is 16.2. The van der Waals surface area contributed by atoms with E-state index in [-0.39, 0.29) is 18.8 Å². The molecule has 0 aromatic carbocycles. The van der Waals surface area contributed by atoms with E-state index in [9.17, 15) is 24.7 Å². The molecule has 3 aliphatic heterocycles. The molecule has 6 N–H and O–H groups in total. The number of aromatic nitrogens is 2. The van der Waals surface area contributed by atoms with Gasteiger partial charge in [0.1, 0.15) is 24.3 Å². The second-order valence-electron chi connectivity index (χ2n) is 7.85. The molecule has 15 heteroatoms. The van der Waals surface area contributed by atoms with Gasteiger partial charge in [0.15, 0.2) is 12.5 Å². The Morgan fingerprint density at radius 1 is 1.35 bits per heavy atom. The van der Waals surface area contributed by atoms with E-state index < -0.39 is 63.9 Å². The first kappa shape index (κ1) is 24.7. The summed E-state index contributed by atoms with van der Waals surface area (Å²) in [5.41, 5.74) is 5.44. The van der Waals surface area contributed by atoms with Crippen molar-refractivity contribution in [3.05, 3.63) is 46.7 Å². The molecule has 7 unspecified atom stereocenters. The number of aliphatic hydroxyl groups is 2. The number of aliphatic hydroxyl groups excluding tert-OH is 2. The number of nitrogens with one attached hydrogen (secondary N) is 1. The molecule has 1 fully saturated rings. The van der Waals surface area contributed by atoms with Crippen LogP contribution in [0.4, 0.5) is 10.6 Å². The first-order valence-electron chi connectivity index (χ1n) is 10.4. The first-order valence-corrected chi connectivity index (χ1v) is 11.6. The number of anilines is 1. The van der Waals surface area contributed by atoms with Crippen molar-refractivity contribution in [1.82, 2.24) is 19.8 Å². The zero-order chi connectivity index (χ0) is 24.4. The Labute approximate surface area is 195 Å². The Bertz CT molecular complexity index is 1020. The number of urea groups is 1. The smallest absolute Gasteiger partial charge is 0.351 e. The number of rotatable bonds is 8. The van der Waals surface area contributed by atoms with E-state index in [1.807, 2.05) is 0 Å². The minimum absolute atomic E-state index is 0.0541. The van der Waals surface area contributed by atoms with E-state index in [4.69, 9.17) is 24.3 Å². The van der Waals surface area contributed by atoms with Crippen molar-refractivity contribution in [3.63, 3.8) is 0 Å². The monoisotopic (exact) mass is 499 g/mol. The molecule has 0 saturated carbocycles. The lowest BCUT2D eigenvalue weighted by Gasteiger charge is -2.31. The minimum Gasteiger partial charge on any atom is -0.394 e. The Kier molecular flexibility index (Phi) is 7.60. The second-order valence-corrected chi connectivity index (χ2v) is 8.79. The van der Waals surface area contributed by atoms with Crippen LogP contribution in [0.25, 0.3) is 0 Å². The number of nitrogen functional groups attached to an aromatic ring is 1.